The van der Waals surface area contributed by atoms with E-state index in [2.05, 4.69) is 34.5 Å². The molecule has 8 nitrogen and oxygen atoms in total. The lowest BCUT2D eigenvalue weighted by atomic mass is 9.98. The van der Waals surface area contributed by atoms with Crippen LogP contribution in [0.2, 0.25) is 0 Å². The summed E-state index contributed by atoms with van der Waals surface area (Å²) in [5, 5.41) is 12.0. The number of likely N-dealkylation sites (tertiary alicyclic amines) is 1. The van der Waals surface area contributed by atoms with Crippen LogP contribution < -0.4 is 5.32 Å². The number of aliphatic carboxylic acids is 1. The van der Waals surface area contributed by atoms with Gasteiger partial charge in [0, 0.05) is 38.6 Å². The second-order valence-electron chi connectivity index (χ2n) is 10.2. The lowest BCUT2D eigenvalue weighted by Gasteiger charge is -2.29. The van der Waals surface area contributed by atoms with Crippen LogP contribution in [0.3, 0.4) is 0 Å². The number of ether oxygens (including phenoxy) is 1. The number of nitrogens with one attached hydrogen (secondary N) is 1. The molecular formula is C31H33N3O5. The molecule has 2 unspecified atom stereocenters. The van der Waals surface area contributed by atoms with Crippen molar-refractivity contribution in [3.05, 3.63) is 95.6 Å². The molecule has 1 fully saturated rings. The van der Waals surface area contributed by atoms with E-state index in [1.54, 1.807) is 11.9 Å². The molecule has 1 saturated heterocycles. The summed E-state index contributed by atoms with van der Waals surface area (Å²) >= 11 is 0. The van der Waals surface area contributed by atoms with Crippen LogP contribution in [0.4, 0.5) is 4.79 Å². The van der Waals surface area contributed by atoms with E-state index in [4.69, 9.17) is 4.74 Å². The van der Waals surface area contributed by atoms with E-state index in [1.807, 2.05) is 54.6 Å². The number of nitrogens with zero attached hydrogens (tertiary/aromatic N) is 2. The van der Waals surface area contributed by atoms with E-state index in [0.29, 0.717) is 6.54 Å². The number of rotatable bonds is 9. The molecule has 1 heterocycles. The number of carbonyl (C=O) groups is 3. The fourth-order valence-electron chi connectivity index (χ4n) is 5.70. The van der Waals surface area contributed by atoms with Crippen molar-refractivity contribution in [2.75, 3.05) is 26.7 Å². The van der Waals surface area contributed by atoms with E-state index in [0.717, 1.165) is 41.8 Å². The predicted octanol–water partition coefficient (Wildman–Crippen LogP) is 4.10. The Kier molecular flexibility index (Phi) is 7.93. The Morgan fingerprint density at radius 2 is 1.59 bits per heavy atom. The van der Waals surface area contributed by atoms with Crippen molar-refractivity contribution in [1.29, 1.82) is 0 Å². The highest BCUT2D eigenvalue weighted by Crippen LogP contribution is 2.44. The Hall–Kier alpha value is -4.17. The van der Waals surface area contributed by atoms with Crippen LogP contribution in [0.25, 0.3) is 11.1 Å². The van der Waals surface area contributed by atoms with Gasteiger partial charge in [0.15, 0.2) is 0 Å². The normalized spacial score (nSPS) is 17.2. The van der Waals surface area contributed by atoms with Crippen LogP contribution in [-0.2, 0) is 20.9 Å². The molecule has 2 atom stereocenters. The molecule has 0 aromatic heterocycles. The summed E-state index contributed by atoms with van der Waals surface area (Å²) in [6, 6.07) is 24.9. The fourth-order valence-corrected chi connectivity index (χ4v) is 5.70. The van der Waals surface area contributed by atoms with E-state index < -0.39 is 30.4 Å². The molecule has 1 aliphatic carbocycles. The maximum absolute atomic E-state index is 13.3. The van der Waals surface area contributed by atoms with E-state index >= 15 is 0 Å². The first kappa shape index (κ1) is 26.4. The van der Waals surface area contributed by atoms with Gasteiger partial charge in [0.2, 0.25) is 5.91 Å². The third-order valence-electron chi connectivity index (χ3n) is 7.70. The number of carboxylic acids is 1. The van der Waals surface area contributed by atoms with E-state index in [1.165, 1.54) is 5.56 Å². The summed E-state index contributed by atoms with van der Waals surface area (Å²) in [5.41, 5.74) is 5.57. The summed E-state index contributed by atoms with van der Waals surface area (Å²) in [4.78, 5) is 41.6. The molecular weight excluding hydrogens is 494 g/mol. The van der Waals surface area contributed by atoms with Gasteiger partial charge < -0.3 is 20.1 Å². The SMILES string of the molecule is CN(C(=O)C(CC(=O)O)NC(=O)OCC1c2ccccc2-c2ccccc21)C1CCN(Cc2ccccc2)C1. The standard InChI is InChI=1S/C31H33N3O5/c1-33(22-15-16-34(19-22)18-21-9-3-2-4-10-21)30(37)28(17-29(35)36)32-31(38)39-20-27-25-13-7-5-11-23(25)24-12-6-8-14-26(24)27/h2-14,22,27-28H,15-20H2,1H3,(H,32,38)(H,35,36). The van der Waals surface area contributed by atoms with Crippen molar-refractivity contribution in [3.63, 3.8) is 0 Å². The van der Waals surface area contributed by atoms with Crippen molar-refractivity contribution < 1.29 is 24.2 Å². The number of hydrogen-bond donors (Lipinski definition) is 2. The van der Waals surface area contributed by atoms with Gasteiger partial charge in [-0.3, -0.25) is 14.5 Å². The number of benzene rings is 3. The molecule has 2 amide bonds. The van der Waals surface area contributed by atoms with Crippen molar-refractivity contribution in [3.8, 4) is 11.1 Å². The average molecular weight is 528 g/mol. The number of hydrogen-bond acceptors (Lipinski definition) is 5. The molecule has 2 N–H and O–H groups in total. The van der Waals surface area contributed by atoms with Crippen molar-refractivity contribution in [2.24, 2.45) is 0 Å². The number of likely N-dealkylation sites (N-methyl/N-ethyl adjacent to an activating group) is 1. The van der Waals surface area contributed by atoms with Gasteiger partial charge in [-0.1, -0.05) is 78.9 Å². The Balaban J connectivity index is 1.20. The Morgan fingerprint density at radius 3 is 2.23 bits per heavy atom. The van der Waals surface area contributed by atoms with Crippen LogP contribution in [0, 0.1) is 0 Å². The van der Waals surface area contributed by atoms with Gasteiger partial charge in [-0.25, -0.2) is 4.79 Å². The number of amides is 2. The molecule has 5 rings (SSSR count). The summed E-state index contributed by atoms with van der Waals surface area (Å²) in [5.74, 6) is -1.73. The first-order valence-electron chi connectivity index (χ1n) is 13.3. The first-order chi connectivity index (χ1) is 18.9. The minimum atomic E-state index is -1.22. The molecule has 2 aliphatic rings. The van der Waals surface area contributed by atoms with Crippen molar-refractivity contribution in [2.45, 2.75) is 37.4 Å². The monoisotopic (exact) mass is 527 g/mol. The molecule has 0 spiro atoms. The quantitative estimate of drug-likeness (QED) is 0.435. The van der Waals surface area contributed by atoms with E-state index in [-0.39, 0.29) is 18.6 Å². The van der Waals surface area contributed by atoms with Crippen LogP contribution in [0.5, 0.6) is 0 Å². The van der Waals surface area contributed by atoms with Gasteiger partial charge in [0.25, 0.3) is 0 Å². The van der Waals surface area contributed by atoms with Crippen LogP contribution in [-0.4, -0.2) is 71.7 Å². The molecule has 8 heteroatoms. The van der Waals surface area contributed by atoms with Crippen molar-refractivity contribution in [1.82, 2.24) is 15.1 Å². The summed E-state index contributed by atoms with van der Waals surface area (Å²) in [7, 11) is 1.67. The zero-order valence-electron chi connectivity index (χ0n) is 22.0. The third-order valence-corrected chi connectivity index (χ3v) is 7.70. The van der Waals surface area contributed by atoms with Crippen LogP contribution >= 0.6 is 0 Å². The zero-order chi connectivity index (χ0) is 27.4. The summed E-state index contributed by atoms with van der Waals surface area (Å²) < 4.78 is 5.57. The van der Waals surface area contributed by atoms with Gasteiger partial charge in [0.05, 0.1) is 6.42 Å². The topological polar surface area (TPSA) is 99.2 Å². The molecule has 0 radical (unpaired) electrons. The molecule has 202 valence electrons. The fraction of sp³-hybridized carbons (Fsp3) is 0.323. The zero-order valence-corrected chi connectivity index (χ0v) is 22.0. The molecule has 0 saturated carbocycles. The molecule has 0 bridgehead atoms. The van der Waals surface area contributed by atoms with Gasteiger partial charge in [-0.05, 0) is 34.2 Å². The minimum Gasteiger partial charge on any atom is -0.481 e. The second kappa shape index (κ2) is 11.7. The maximum Gasteiger partial charge on any atom is 0.407 e. The highest BCUT2D eigenvalue weighted by Gasteiger charge is 2.34. The molecule has 3 aromatic carbocycles. The Morgan fingerprint density at radius 1 is 0.974 bits per heavy atom. The van der Waals surface area contributed by atoms with Gasteiger partial charge in [-0.15, -0.1) is 0 Å². The molecule has 1 aliphatic heterocycles. The summed E-state index contributed by atoms with van der Waals surface area (Å²) in [6.07, 6.45) is -0.546. The first-order valence-corrected chi connectivity index (χ1v) is 13.3. The minimum absolute atomic E-state index is 0.0678. The highest BCUT2D eigenvalue weighted by molar-refractivity contribution is 5.89. The lowest BCUT2D eigenvalue weighted by Crippen LogP contribution is -2.51. The lowest BCUT2D eigenvalue weighted by molar-refractivity contribution is -0.142. The van der Waals surface area contributed by atoms with Gasteiger partial charge in [0.1, 0.15) is 12.6 Å². The van der Waals surface area contributed by atoms with Crippen LogP contribution in [0.15, 0.2) is 78.9 Å². The second-order valence-corrected chi connectivity index (χ2v) is 10.2. The third kappa shape index (κ3) is 5.96. The highest BCUT2D eigenvalue weighted by atomic mass is 16.5. The van der Waals surface area contributed by atoms with Gasteiger partial charge in [-0.2, -0.15) is 0 Å². The Bertz CT molecular complexity index is 1300. The number of carbonyl (C=O) groups excluding carboxylic acids is 2. The molecule has 39 heavy (non-hydrogen) atoms. The number of carboxylic acid groups (broad SMARTS) is 1. The number of alkyl carbamates (subject to hydrolysis) is 1. The smallest absolute Gasteiger partial charge is 0.407 e. The number of fused-ring (bicyclic) bond motifs is 3. The molecule has 3 aromatic rings. The van der Waals surface area contributed by atoms with Gasteiger partial charge >= 0.3 is 12.1 Å². The maximum atomic E-state index is 13.3. The largest absolute Gasteiger partial charge is 0.481 e. The van der Waals surface area contributed by atoms with Crippen LogP contribution in [0.1, 0.15) is 35.4 Å². The summed E-state index contributed by atoms with van der Waals surface area (Å²) in [6.45, 7) is 2.39. The Labute approximate surface area is 228 Å². The van der Waals surface area contributed by atoms with Crippen molar-refractivity contribution >= 4 is 18.0 Å². The predicted molar refractivity (Wildman–Crippen MR) is 147 cm³/mol. The van der Waals surface area contributed by atoms with E-state index in [9.17, 15) is 19.5 Å². The average Bonchev–Trinajstić information content (AvgIpc) is 3.53.